The number of nitrogens with zero attached hydrogens (tertiary/aromatic N) is 2. The average Bonchev–Trinajstić information content (AvgIpc) is 3.04. The fourth-order valence-corrected chi connectivity index (χ4v) is 2.57. The highest BCUT2D eigenvalue weighted by Crippen LogP contribution is 2.10. The number of aliphatic hydroxyl groups excluding tert-OH is 1. The van der Waals surface area contributed by atoms with Gasteiger partial charge in [-0.2, -0.15) is 0 Å². The molecule has 29 heavy (non-hydrogen) atoms. The molecule has 0 spiro atoms. The van der Waals surface area contributed by atoms with Gasteiger partial charge in [0.25, 0.3) is 0 Å². The Morgan fingerprint density at radius 2 is 1.90 bits per heavy atom. The second kappa shape index (κ2) is 10.3. The number of amides is 3. The van der Waals surface area contributed by atoms with Crippen molar-refractivity contribution in [2.24, 2.45) is 5.73 Å². The molecule has 0 saturated carbocycles. The van der Waals surface area contributed by atoms with Crippen molar-refractivity contribution < 1.29 is 28.3 Å². The summed E-state index contributed by atoms with van der Waals surface area (Å²) >= 11 is 0. The summed E-state index contributed by atoms with van der Waals surface area (Å²) in [5.41, 5.74) is 5.21. The van der Waals surface area contributed by atoms with Crippen LogP contribution in [0.15, 0.2) is 30.7 Å². The number of aliphatic hydroxyl groups is 1. The normalized spacial score (nSPS) is 11.7. The van der Waals surface area contributed by atoms with Crippen molar-refractivity contribution in [1.29, 1.82) is 0 Å². The summed E-state index contributed by atoms with van der Waals surface area (Å²) in [7, 11) is 0. The number of benzene rings is 1. The molecule has 1 aromatic heterocycles. The molecule has 1 heterocycles. The molecular formula is C18H21F2N5O4. The number of halogens is 2. The van der Waals surface area contributed by atoms with E-state index < -0.39 is 35.4 Å². The summed E-state index contributed by atoms with van der Waals surface area (Å²) in [6, 6.07) is 1.58. The van der Waals surface area contributed by atoms with Gasteiger partial charge in [0.1, 0.15) is 17.7 Å². The molecular weight excluding hydrogens is 388 g/mol. The van der Waals surface area contributed by atoms with Gasteiger partial charge in [-0.1, -0.05) is 0 Å². The van der Waals surface area contributed by atoms with Gasteiger partial charge in [0.2, 0.25) is 17.7 Å². The van der Waals surface area contributed by atoms with Gasteiger partial charge in [0.05, 0.1) is 19.4 Å². The molecule has 1 aromatic carbocycles. The summed E-state index contributed by atoms with van der Waals surface area (Å²) in [4.78, 5) is 39.7. The molecule has 156 valence electrons. The topological polar surface area (TPSA) is 139 Å². The second-order valence-electron chi connectivity index (χ2n) is 6.29. The van der Waals surface area contributed by atoms with Crippen LogP contribution in [0.3, 0.4) is 0 Å². The van der Waals surface area contributed by atoms with Crippen molar-refractivity contribution >= 4 is 23.5 Å². The monoisotopic (exact) mass is 409 g/mol. The number of hydrogen-bond acceptors (Lipinski definition) is 5. The smallest absolute Gasteiger partial charge is 0.248 e. The third-order valence-corrected chi connectivity index (χ3v) is 3.86. The standard InChI is InChI=1S/C18H21F2N5O4/c19-12-5-11(6-13(20)8-12)7-17(28)23-14(1-2-15(21)27)18(29)24-16-9-25(3-4-26)10-22-16/h5-6,8-10,14,26H,1-4,7H2,(H2,21,27)(H,23,28)(H,24,29). The third kappa shape index (κ3) is 7.30. The largest absolute Gasteiger partial charge is 0.395 e. The molecule has 0 aliphatic rings. The lowest BCUT2D eigenvalue weighted by Gasteiger charge is -2.17. The maximum Gasteiger partial charge on any atom is 0.248 e. The van der Waals surface area contributed by atoms with E-state index in [0.29, 0.717) is 6.07 Å². The van der Waals surface area contributed by atoms with E-state index >= 15 is 0 Å². The zero-order valence-electron chi connectivity index (χ0n) is 15.4. The predicted molar refractivity (Wildman–Crippen MR) is 98.4 cm³/mol. The van der Waals surface area contributed by atoms with Crippen LogP contribution in [0.5, 0.6) is 0 Å². The third-order valence-electron chi connectivity index (χ3n) is 3.86. The Bertz CT molecular complexity index is 867. The molecule has 3 amide bonds. The van der Waals surface area contributed by atoms with Crippen LogP contribution in [0.2, 0.25) is 0 Å². The van der Waals surface area contributed by atoms with Crippen LogP contribution in [0.25, 0.3) is 0 Å². The number of carbonyl (C=O) groups excluding carboxylic acids is 3. The summed E-state index contributed by atoms with van der Waals surface area (Å²) in [5.74, 6) is -3.42. The number of rotatable bonds is 10. The predicted octanol–water partition coefficient (Wildman–Crippen LogP) is 0.0851. The Kier molecular flexibility index (Phi) is 7.78. The molecule has 0 radical (unpaired) electrons. The van der Waals surface area contributed by atoms with Gasteiger partial charge in [0.15, 0.2) is 5.82 Å². The van der Waals surface area contributed by atoms with Gasteiger partial charge < -0.3 is 26.0 Å². The van der Waals surface area contributed by atoms with E-state index in [0.717, 1.165) is 12.1 Å². The Labute approximate surface area is 164 Å². The first-order valence-electron chi connectivity index (χ1n) is 8.73. The highest BCUT2D eigenvalue weighted by atomic mass is 19.1. The molecule has 2 aromatic rings. The molecule has 0 bridgehead atoms. The average molecular weight is 409 g/mol. The van der Waals surface area contributed by atoms with Gasteiger partial charge in [0, 0.05) is 25.2 Å². The first kappa shape index (κ1) is 22.0. The number of hydrogen-bond donors (Lipinski definition) is 4. The molecule has 11 heteroatoms. The lowest BCUT2D eigenvalue weighted by molar-refractivity contribution is -0.126. The molecule has 1 atom stereocenters. The van der Waals surface area contributed by atoms with E-state index in [-0.39, 0.29) is 43.8 Å². The molecule has 9 nitrogen and oxygen atoms in total. The number of anilines is 1. The lowest BCUT2D eigenvalue weighted by atomic mass is 10.1. The molecule has 0 fully saturated rings. The van der Waals surface area contributed by atoms with Crippen LogP contribution in [0.4, 0.5) is 14.6 Å². The highest BCUT2D eigenvalue weighted by Gasteiger charge is 2.22. The van der Waals surface area contributed by atoms with E-state index in [1.807, 2.05) is 0 Å². The fourth-order valence-electron chi connectivity index (χ4n) is 2.57. The Hall–Kier alpha value is -3.34. The number of carbonyl (C=O) groups is 3. The zero-order chi connectivity index (χ0) is 21.4. The first-order valence-corrected chi connectivity index (χ1v) is 8.73. The van der Waals surface area contributed by atoms with E-state index in [4.69, 9.17) is 10.8 Å². The molecule has 0 aliphatic carbocycles. The van der Waals surface area contributed by atoms with E-state index in [2.05, 4.69) is 15.6 Å². The first-order chi connectivity index (χ1) is 13.8. The van der Waals surface area contributed by atoms with E-state index in [1.54, 1.807) is 4.57 Å². The van der Waals surface area contributed by atoms with Crippen molar-refractivity contribution in [2.75, 3.05) is 11.9 Å². The Balaban J connectivity index is 2.04. The van der Waals surface area contributed by atoms with Crippen LogP contribution in [-0.2, 0) is 27.3 Å². The van der Waals surface area contributed by atoms with Crippen molar-refractivity contribution in [3.05, 3.63) is 47.9 Å². The molecule has 5 N–H and O–H groups in total. The Morgan fingerprint density at radius 1 is 1.21 bits per heavy atom. The maximum atomic E-state index is 13.3. The molecule has 0 aliphatic heterocycles. The number of primary amides is 1. The quantitative estimate of drug-likeness (QED) is 0.440. The van der Waals surface area contributed by atoms with Gasteiger partial charge in [-0.3, -0.25) is 14.4 Å². The highest BCUT2D eigenvalue weighted by molar-refractivity contribution is 5.97. The molecule has 0 saturated heterocycles. The van der Waals surface area contributed by atoms with Gasteiger partial charge in [-0.25, -0.2) is 13.8 Å². The number of nitrogens with two attached hydrogens (primary N) is 1. The van der Waals surface area contributed by atoms with Crippen LogP contribution in [0, 0.1) is 11.6 Å². The summed E-state index contributed by atoms with van der Waals surface area (Å²) in [5, 5.41) is 13.8. The van der Waals surface area contributed by atoms with Gasteiger partial charge in [-0.05, 0) is 24.1 Å². The van der Waals surface area contributed by atoms with Crippen LogP contribution in [-0.4, -0.2) is 45.0 Å². The minimum atomic E-state index is -1.11. The van der Waals surface area contributed by atoms with Crippen LogP contribution < -0.4 is 16.4 Å². The van der Waals surface area contributed by atoms with Gasteiger partial charge in [-0.15, -0.1) is 0 Å². The van der Waals surface area contributed by atoms with E-state index in [1.165, 1.54) is 12.5 Å². The maximum absolute atomic E-state index is 13.3. The lowest BCUT2D eigenvalue weighted by Crippen LogP contribution is -2.45. The van der Waals surface area contributed by atoms with Crippen LogP contribution >= 0.6 is 0 Å². The minimum Gasteiger partial charge on any atom is -0.395 e. The van der Waals surface area contributed by atoms with E-state index in [9.17, 15) is 23.2 Å². The second-order valence-corrected chi connectivity index (χ2v) is 6.29. The van der Waals surface area contributed by atoms with Crippen LogP contribution in [0.1, 0.15) is 18.4 Å². The van der Waals surface area contributed by atoms with Crippen molar-refractivity contribution in [1.82, 2.24) is 14.9 Å². The number of aromatic nitrogens is 2. The fraction of sp³-hybridized carbons (Fsp3) is 0.333. The molecule has 1 unspecified atom stereocenters. The Morgan fingerprint density at radius 3 is 2.52 bits per heavy atom. The summed E-state index contributed by atoms with van der Waals surface area (Å²) < 4.78 is 28.1. The SMILES string of the molecule is NC(=O)CCC(NC(=O)Cc1cc(F)cc(F)c1)C(=O)Nc1cn(CCO)cn1. The number of imidazole rings is 1. The summed E-state index contributed by atoms with van der Waals surface area (Å²) in [6.07, 6.45) is 2.30. The number of nitrogens with one attached hydrogen (secondary N) is 2. The van der Waals surface area contributed by atoms with Gasteiger partial charge >= 0.3 is 0 Å². The zero-order valence-corrected chi connectivity index (χ0v) is 15.4. The van der Waals surface area contributed by atoms with Crippen molar-refractivity contribution in [3.8, 4) is 0 Å². The van der Waals surface area contributed by atoms with Crippen molar-refractivity contribution in [2.45, 2.75) is 31.8 Å². The molecule has 2 rings (SSSR count). The van der Waals surface area contributed by atoms with Crippen molar-refractivity contribution in [3.63, 3.8) is 0 Å². The summed E-state index contributed by atoms with van der Waals surface area (Å²) in [6.45, 7) is 0.177. The minimum absolute atomic E-state index is 0.0677.